The molecule has 0 heterocycles. The van der Waals surface area contributed by atoms with Crippen molar-refractivity contribution in [2.75, 3.05) is 7.11 Å². The van der Waals surface area contributed by atoms with E-state index in [-0.39, 0.29) is 10.8 Å². The van der Waals surface area contributed by atoms with E-state index in [9.17, 15) is 0 Å². The van der Waals surface area contributed by atoms with E-state index in [4.69, 9.17) is 16.3 Å². The highest BCUT2D eigenvalue weighted by atomic mass is 35.5. The largest absolute Gasteiger partial charge is 0.496 e. The molecule has 1 aromatic rings. The predicted octanol–water partition coefficient (Wildman–Crippen LogP) is 5.67. The fourth-order valence-corrected chi connectivity index (χ4v) is 3.16. The van der Waals surface area contributed by atoms with Gasteiger partial charge in [-0.1, -0.05) is 70.5 Å². The van der Waals surface area contributed by atoms with E-state index in [2.05, 4.69) is 65.0 Å². The molecule has 1 aliphatic carbocycles. The van der Waals surface area contributed by atoms with Crippen LogP contribution in [0.25, 0.3) is 0 Å². The van der Waals surface area contributed by atoms with E-state index in [0.717, 1.165) is 16.3 Å². The van der Waals surface area contributed by atoms with E-state index in [0.29, 0.717) is 5.92 Å². The molecule has 2 heteroatoms. The van der Waals surface area contributed by atoms with Gasteiger partial charge in [-0.25, -0.2) is 0 Å². The minimum Gasteiger partial charge on any atom is -0.496 e. The van der Waals surface area contributed by atoms with Crippen LogP contribution < -0.4 is 4.74 Å². The lowest BCUT2D eigenvalue weighted by Crippen LogP contribution is -2.27. The van der Waals surface area contributed by atoms with Crippen LogP contribution in [0.15, 0.2) is 36.4 Å². The molecule has 0 saturated carbocycles. The topological polar surface area (TPSA) is 9.23 Å². The minimum absolute atomic E-state index is 0.0115. The molecule has 1 aromatic carbocycles. The molecule has 0 atom stereocenters. The van der Waals surface area contributed by atoms with Crippen LogP contribution in [0.2, 0.25) is 5.02 Å². The summed E-state index contributed by atoms with van der Waals surface area (Å²) in [5.41, 5.74) is 2.25. The predicted molar refractivity (Wildman–Crippen MR) is 91.5 cm³/mol. The summed E-state index contributed by atoms with van der Waals surface area (Å²) in [4.78, 5) is 0. The molecular weight excluding hydrogens is 280 g/mol. The molecule has 1 aliphatic rings. The second kappa shape index (κ2) is 5.53. The van der Waals surface area contributed by atoms with Gasteiger partial charge in [0, 0.05) is 27.5 Å². The normalized spacial score (nSPS) is 15.8. The first-order chi connectivity index (χ1) is 9.67. The highest BCUT2D eigenvalue weighted by Gasteiger charge is 2.34. The SMILES string of the molecule is COc1c(C(C)(C)C)cc(Cl)cc1C(C)(C)C1C=CC=C1. The van der Waals surface area contributed by atoms with Gasteiger partial charge in [0.2, 0.25) is 0 Å². The lowest BCUT2D eigenvalue weighted by Gasteiger charge is -2.34. The third-order valence-electron chi connectivity index (χ3n) is 4.34. The Balaban J connectivity index is 2.65. The summed E-state index contributed by atoms with van der Waals surface area (Å²) in [5, 5.41) is 0.773. The maximum Gasteiger partial charge on any atom is 0.126 e. The van der Waals surface area contributed by atoms with Gasteiger partial charge in [-0.2, -0.15) is 0 Å². The third-order valence-corrected chi connectivity index (χ3v) is 4.56. The standard InChI is InChI=1S/C19H25ClO/c1-18(2,3)15-11-14(20)12-16(17(15)21-6)19(4,5)13-9-7-8-10-13/h7-13H,1-6H3. The van der Waals surface area contributed by atoms with Gasteiger partial charge in [0.05, 0.1) is 7.11 Å². The van der Waals surface area contributed by atoms with E-state index < -0.39 is 0 Å². The zero-order chi connectivity index (χ0) is 15.8. The zero-order valence-electron chi connectivity index (χ0n) is 13.8. The summed E-state index contributed by atoms with van der Waals surface area (Å²) in [6.07, 6.45) is 8.68. The summed E-state index contributed by atoms with van der Waals surface area (Å²) in [7, 11) is 1.75. The molecule has 0 saturated heterocycles. The molecule has 0 spiro atoms. The molecule has 1 nitrogen and oxygen atoms in total. The highest BCUT2D eigenvalue weighted by molar-refractivity contribution is 6.30. The first kappa shape index (κ1) is 16.2. The van der Waals surface area contributed by atoms with Crippen molar-refractivity contribution in [3.8, 4) is 5.75 Å². The lowest BCUT2D eigenvalue weighted by atomic mass is 9.71. The van der Waals surface area contributed by atoms with Gasteiger partial charge in [-0.05, 0) is 17.5 Å². The molecule has 0 amide bonds. The minimum atomic E-state index is -0.0697. The number of hydrogen-bond donors (Lipinski definition) is 0. The Kier molecular flexibility index (Phi) is 4.26. The quantitative estimate of drug-likeness (QED) is 0.699. The Bertz CT molecular complexity index is 576. The molecule has 0 aliphatic heterocycles. The summed E-state index contributed by atoms with van der Waals surface area (Å²) in [5.74, 6) is 1.32. The number of hydrogen-bond acceptors (Lipinski definition) is 1. The third kappa shape index (κ3) is 3.03. The van der Waals surface area contributed by atoms with Crippen molar-refractivity contribution in [3.05, 3.63) is 52.6 Å². The molecule has 0 N–H and O–H groups in total. The van der Waals surface area contributed by atoms with Gasteiger partial charge in [0.1, 0.15) is 5.75 Å². The fourth-order valence-electron chi connectivity index (χ4n) is 2.94. The van der Waals surface area contributed by atoms with Crippen molar-refractivity contribution >= 4 is 11.6 Å². The van der Waals surface area contributed by atoms with Crippen LogP contribution in [0.3, 0.4) is 0 Å². The molecular formula is C19H25ClO. The van der Waals surface area contributed by atoms with Gasteiger partial charge >= 0.3 is 0 Å². The molecule has 0 fully saturated rings. The first-order valence-electron chi connectivity index (χ1n) is 7.41. The Morgan fingerprint density at radius 3 is 1.95 bits per heavy atom. The van der Waals surface area contributed by atoms with Crippen LogP contribution in [0, 0.1) is 5.92 Å². The second-order valence-corrected chi connectivity index (χ2v) is 7.74. The Morgan fingerprint density at radius 1 is 0.952 bits per heavy atom. The van der Waals surface area contributed by atoms with Gasteiger partial charge in [-0.3, -0.25) is 0 Å². The maximum atomic E-state index is 6.41. The molecule has 0 bridgehead atoms. The van der Waals surface area contributed by atoms with Gasteiger partial charge in [-0.15, -0.1) is 0 Å². The molecule has 0 radical (unpaired) electrons. The van der Waals surface area contributed by atoms with Crippen LogP contribution in [0.1, 0.15) is 45.7 Å². The van der Waals surface area contributed by atoms with Crippen LogP contribution in [0.4, 0.5) is 0 Å². The Morgan fingerprint density at radius 2 is 1.48 bits per heavy atom. The number of allylic oxidation sites excluding steroid dienone is 4. The number of halogens is 1. The summed E-state index contributed by atoms with van der Waals surface area (Å²) in [6, 6.07) is 4.08. The zero-order valence-corrected chi connectivity index (χ0v) is 14.6. The van der Waals surface area contributed by atoms with E-state index >= 15 is 0 Å². The first-order valence-corrected chi connectivity index (χ1v) is 7.79. The van der Waals surface area contributed by atoms with Crippen molar-refractivity contribution in [3.63, 3.8) is 0 Å². The summed E-state index contributed by atoms with van der Waals surface area (Å²) >= 11 is 6.41. The van der Waals surface area contributed by atoms with Crippen molar-refractivity contribution in [1.82, 2.24) is 0 Å². The molecule has 114 valence electrons. The maximum absolute atomic E-state index is 6.41. The number of rotatable bonds is 3. The fraction of sp³-hybridized carbons (Fsp3) is 0.474. The van der Waals surface area contributed by atoms with Crippen molar-refractivity contribution < 1.29 is 4.74 Å². The highest BCUT2D eigenvalue weighted by Crippen LogP contribution is 2.45. The van der Waals surface area contributed by atoms with E-state index in [1.807, 2.05) is 6.07 Å². The monoisotopic (exact) mass is 304 g/mol. The number of ether oxygens (including phenoxy) is 1. The van der Waals surface area contributed by atoms with Crippen molar-refractivity contribution in [2.45, 2.75) is 45.4 Å². The van der Waals surface area contributed by atoms with E-state index in [1.54, 1.807) is 7.11 Å². The van der Waals surface area contributed by atoms with Crippen LogP contribution in [-0.2, 0) is 10.8 Å². The van der Waals surface area contributed by atoms with Gasteiger partial charge in [0.25, 0.3) is 0 Å². The van der Waals surface area contributed by atoms with Crippen LogP contribution >= 0.6 is 11.6 Å². The lowest BCUT2D eigenvalue weighted by molar-refractivity contribution is 0.364. The number of benzene rings is 1. The second-order valence-electron chi connectivity index (χ2n) is 7.30. The molecule has 2 rings (SSSR count). The Labute approximate surface area is 133 Å². The summed E-state index contributed by atoms with van der Waals surface area (Å²) < 4.78 is 5.80. The number of methoxy groups -OCH3 is 1. The molecule has 0 unspecified atom stereocenters. The van der Waals surface area contributed by atoms with Crippen LogP contribution in [0.5, 0.6) is 5.75 Å². The smallest absolute Gasteiger partial charge is 0.126 e. The van der Waals surface area contributed by atoms with Crippen LogP contribution in [-0.4, -0.2) is 7.11 Å². The van der Waals surface area contributed by atoms with E-state index in [1.165, 1.54) is 5.56 Å². The van der Waals surface area contributed by atoms with Crippen molar-refractivity contribution in [1.29, 1.82) is 0 Å². The molecule has 0 aromatic heterocycles. The van der Waals surface area contributed by atoms with Gasteiger partial charge in [0.15, 0.2) is 0 Å². The van der Waals surface area contributed by atoms with Gasteiger partial charge < -0.3 is 4.74 Å². The summed E-state index contributed by atoms with van der Waals surface area (Å²) in [6.45, 7) is 11.1. The average molecular weight is 305 g/mol. The Hall–Kier alpha value is -1.21. The average Bonchev–Trinajstić information content (AvgIpc) is 2.91. The van der Waals surface area contributed by atoms with Crippen molar-refractivity contribution in [2.24, 2.45) is 5.92 Å². The molecule has 21 heavy (non-hydrogen) atoms.